The molecule has 0 unspecified atom stereocenters. The van der Waals surface area contributed by atoms with Gasteiger partial charge in [0.05, 0.1) is 17.2 Å². The Hall–Kier alpha value is -1.47. The fourth-order valence-electron chi connectivity index (χ4n) is 0.939. The van der Waals surface area contributed by atoms with Gasteiger partial charge in [-0.05, 0) is 24.6 Å². The number of rotatable bonds is 1. The molecule has 1 rings (SSSR count). The van der Waals surface area contributed by atoms with E-state index < -0.39 is 5.97 Å². The summed E-state index contributed by atoms with van der Waals surface area (Å²) in [6.07, 6.45) is 0. The molecule has 0 bridgehead atoms. The average molecular weight is 193 g/mol. The lowest BCUT2D eigenvalue weighted by molar-refractivity contribution is 0.0696. The lowest BCUT2D eigenvalue weighted by Crippen LogP contribution is -1.98. The second-order valence-electron chi connectivity index (χ2n) is 2.58. The number of carboxylic acids is 1. The standard InChI is InChI=1S/C9H7NO2S/c1-5-7(4-10)2-6(9(11)12)3-8(5)13/h2-3,13H,1H3,(H,11,12). The Morgan fingerprint density at radius 2 is 2.23 bits per heavy atom. The minimum Gasteiger partial charge on any atom is -0.478 e. The monoisotopic (exact) mass is 193 g/mol. The van der Waals surface area contributed by atoms with Crippen LogP contribution in [-0.4, -0.2) is 11.1 Å². The van der Waals surface area contributed by atoms with Gasteiger partial charge in [0.2, 0.25) is 0 Å². The molecule has 1 aromatic carbocycles. The molecule has 4 heteroatoms. The molecule has 0 spiro atoms. The molecule has 1 N–H and O–H groups in total. The van der Waals surface area contributed by atoms with Gasteiger partial charge in [0.1, 0.15) is 0 Å². The second-order valence-corrected chi connectivity index (χ2v) is 3.07. The molecule has 0 aliphatic rings. The third-order valence-electron chi connectivity index (χ3n) is 1.75. The van der Waals surface area contributed by atoms with Crippen molar-refractivity contribution in [1.29, 1.82) is 5.26 Å². The molecular formula is C9H7NO2S. The molecular weight excluding hydrogens is 186 g/mol. The quantitative estimate of drug-likeness (QED) is 0.669. The van der Waals surface area contributed by atoms with E-state index in [1.807, 2.05) is 6.07 Å². The Balaban J connectivity index is 3.41. The summed E-state index contributed by atoms with van der Waals surface area (Å²) in [6, 6.07) is 4.70. The summed E-state index contributed by atoms with van der Waals surface area (Å²) in [6.45, 7) is 1.73. The van der Waals surface area contributed by atoms with Crippen LogP contribution in [0.5, 0.6) is 0 Å². The van der Waals surface area contributed by atoms with E-state index in [4.69, 9.17) is 10.4 Å². The summed E-state index contributed by atoms with van der Waals surface area (Å²) in [5, 5.41) is 17.3. The van der Waals surface area contributed by atoms with Crippen molar-refractivity contribution < 1.29 is 9.90 Å². The molecule has 0 aliphatic heterocycles. The third-order valence-corrected chi connectivity index (χ3v) is 2.21. The minimum absolute atomic E-state index is 0.0900. The first-order valence-electron chi connectivity index (χ1n) is 3.53. The fraction of sp³-hybridized carbons (Fsp3) is 0.111. The number of nitrogens with zero attached hydrogens (tertiary/aromatic N) is 1. The number of aromatic carboxylic acids is 1. The van der Waals surface area contributed by atoms with Crippen LogP contribution in [0.25, 0.3) is 0 Å². The number of thiol groups is 1. The molecule has 0 fully saturated rings. The number of nitriles is 1. The number of carboxylic acid groups (broad SMARTS) is 1. The Bertz CT molecular complexity index is 407. The molecule has 0 aliphatic carbocycles. The van der Waals surface area contributed by atoms with Crippen molar-refractivity contribution in [3.8, 4) is 6.07 Å². The third kappa shape index (κ3) is 1.82. The van der Waals surface area contributed by atoms with Crippen LogP contribution in [0.1, 0.15) is 21.5 Å². The zero-order valence-electron chi connectivity index (χ0n) is 6.90. The van der Waals surface area contributed by atoms with E-state index in [1.54, 1.807) is 6.92 Å². The van der Waals surface area contributed by atoms with Gasteiger partial charge in [0.15, 0.2) is 0 Å². The van der Waals surface area contributed by atoms with Gasteiger partial charge < -0.3 is 5.11 Å². The Kier molecular flexibility index (Phi) is 2.59. The maximum absolute atomic E-state index is 10.6. The van der Waals surface area contributed by atoms with E-state index in [1.165, 1.54) is 12.1 Å². The summed E-state index contributed by atoms with van der Waals surface area (Å²) in [5.41, 5.74) is 1.15. The molecule has 13 heavy (non-hydrogen) atoms. The van der Waals surface area contributed by atoms with Gasteiger partial charge in [-0.15, -0.1) is 12.6 Å². The highest BCUT2D eigenvalue weighted by atomic mass is 32.1. The molecule has 0 amide bonds. The number of hydrogen-bond acceptors (Lipinski definition) is 3. The first kappa shape index (κ1) is 9.62. The first-order valence-corrected chi connectivity index (χ1v) is 3.98. The van der Waals surface area contributed by atoms with Gasteiger partial charge in [-0.1, -0.05) is 0 Å². The SMILES string of the molecule is Cc1c(S)cc(C(=O)O)cc1C#N. The van der Waals surface area contributed by atoms with Crippen LogP contribution in [-0.2, 0) is 0 Å². The van der Waals surface area contributed by atoms with E-state index >= 15 is 0 Å². The predicted molar refractivity (Wildman–Crippen MR) is 50.1 cm³/mol. The van der Waals surface area contributed by atoms with Crippen molar-refractivity contribution in [3.05, 3.63) is 28.8 Å². The van der Waals surface area contributed by atoms with Crippen molar-refractivity contribution in [1.82, 2.24) is 0 Å². The van der Waals surface area contributed by atoms with Crippen molar-refractivity contribution in [2.24, 2.45) is 0 Å². The molecule has 0 aromatic heterocycles. The van der Waals surface area contributed by atoms with Crippen LogP contribution in [0.2, 0.25) is 0 Å². The summed E-state index contributed by atoms with van der Waals surface area (Å²) in [4.78, 5) is 11.1. The lowest BCUT2D eigenvalue weighted by Gasteiger charge is -2.02. The van der Waals surface area contributed by atoms with E-state index in [0.717, 1.165) is 0 Å². The zero-order chi connectivity index (χ0) is 10.0. The van der Waals surface area contributed by atoms with Gasteiger partial charge in [-0.2, -0.15) is 5.26 Å². The van der Waals surface area contributed by atoms with Crippen LogP contribution in [0.3, 0.4) is 0 Å². The van der Waals surface area contributed by atoms with Gasteiger partial charge in [0.25, 0.3) is 0 Å². The van der Waals surface area contributed by atoms with Crippen LogP contribution in [0.4, 0.5) is 0 Å². The molecule has 1 aromatic rings. The maximum Gasteiger partial charge on any atom is 0.335 e. The van der Waals surface area contributed by atoms with Crippen molar-refractivity contribution in [3.63, 3.8) is 0 Å². The predicted octanol–water partition coefficient (Wildman–Crippen LogP) is 1.85. The average Bonchev–Trinajstić information content (AvgIpc) is 2.09. The normalized spacial score (nSPS) is 9.31. The number of hydrogen-bond donors (Lipinski definition) is 2. The fourth-order valence-corrected chi connectivity index (χ4v) is 1.20. The summed E-state index contributed by atoms with van der Waals surface area (Å²) in [5.74, 6) is -1.05. The summed E-state index contributed by atoms with van der Waals surface area (Å²) < 4.78 is 0. The van der Waals surface area contributed by atoms with E-state index in [0.29, 0.717) is 16.0 Å². The van der Waals surface area contributed by atoms with Gasteiger partial charge >= 0.3 is 5.97 Å². The molecule has 0 saturated heterocycles. The van der Waals surface area contributed by atoms with E-state index in [-0.39, 0.29) is 5.56 Å². The molecule has 66 valence electrons. The van der Waals surface area contributed by atoms with E-state index in [9.17, 15) is 4.79 Å². The maximum atomic E-state index is 10.6. The lowest BCUT2D eigenvalue weighted by atomic mass is 10.1. The van der Waals surface area contributed by atoms with Crippen molar-refractivity contribution in [2.75, 3.05) is 0 Å². The summed E-state index contributed by atoms with van der Waals surface area (Å²) in [7, 11) is 0. The van der Waals surface area contributed by atoms with Crippen molar-refractivity contribution in [2.45, 2.75) is 11.8 Å². The molecule has 0 saturated carbocycles. The van der Waals surface area contributed by atoms with E-state index in [2.05, 4.69) is 12.6 Å². The van der Waals surface area contributed by atoms with Crippen LogP contribution in [0.15, 0.2) is 17.0 Å². The molecule has 0 atom stereocenters. The van der Waals surface area contributed by atoms with Gasteiger partial charge in [-0.3, -0.25) is 0 Å². The van der Waals surface area contributed by atoms with Crippen LogP contribution in [0, 0.1) is 18.3 Å². The zero-order valence-corrected chi connectivity index (χ0v) is 7.80. The van der Waals surface area contributed by atoms with Gasteiger partial charge in [-0.25, -0.2) is 4.79 Å². The van der Waals surface area contributed by atoms with Crippen molar-refractivity contribution >= 4 is 18.6 Å². The molecule has 0 radical (unpaired) electrons. The Labute approximate surface area is 81.0 Å². The Morgan fingerprint density at radius 3 is 2.69 bits per heavy atom. The highest BCUT2D eigenvalue weighted by Crippen LogP contribution is 2.19. The Morgan fingerprint density at radius 1 is 1.62 bits per heavy atom. The number of benzene rings is 1. The van der Waals surface area contributed by atoms with Crippen LogP contribution < -0.4 is 0 Å². The molecule has 3 nitrogen and oxygen atoms in total. The number of carbonyl (C=O) groups is 1. The van der Waals surface area contributed by atoms with Crippen LogP contribution >= 0.6 is 12.6 Å². The van der Waals surface area contributed by atoms with Gasteiger partial charge in [0, 0.05) is 4.90 Å². The highest BCUT2D eigenvalue weighted by molar-refractivity contribution is 7.80. The second kappa shape index (κ2) is 3.50. The molecule has 0 heterocycles. The highest BCUT2D eigenvalue weighted by Gasteiger charge is 2.08. The smallest absolute Gasteiger partial charge is 0.335 e. The first-order chi connectivity index (χ1) is 6.06. The largest absolute Gasteiger partial charge is 0.478 e. The minimum atomic E-state index is -1.05. The topological polar surface area (TPSA) is 61.1 Å². The summed E-state index contributed by atoms with van der Waals surface area (Å²) >= 11 is 4.07.